The van der Waals surface area contributed by atoms with Gasteiger partial charge in [-0.25, -0.2) is 4.79 Å². The highest BCUT2D eigenvalue weighted by Gasteiger charge is 2.19. The third kappa shape index (κ3) is 4.81. The summed E-state index contributed by atoms with van der Waals surface area (Å²) < 4.78 is 0. The van der Waals surface area contributed by atoms with Crippen molar-refractivity contribution in [3.63, 3.8) is 0 Å². The second kappa shape index (κ2) is 8.65. The van der Waals surface area contributed by atoms with E-state index in [1.807, 2.05) is 24.0 Å². The van der Waals surface area contributed by atoms with Crippen LogP contribution in [0.1, 0.15) is 63.1 Å². The summed E-state index contributed by atoms with van der Waals surface area (Å²) in [6.07, 6.45) is 3.51. The molecule has 0 saturated heterocycles. The topological polar surface area (TPSA) is 45.2 Å². The molecule has 1 N–H and O–H groups in total. The van der Waals surface area contributed by atoms with Gasteiger partial charge in [0, 0.05) is 31.2 Å². The minimum absolute atomic E-state index is 0.0608. The van der Waals surface area contributed by atoms with Crippen molar-refractivity contribution in [3.8, 4) is 0 Å². The molecule has 2 amide bonds. The van der Waals surface area contributed by atoms with E-state index < -0.39 is 0 Å². The van der Waals surface area contributed by atoms with Crippen molar-refractivity contribution in [2.75, 3.05) is 11.9 Å². The van der Waals surface area contributed by atoms with Gasteiger partial charge >= 0.3 is 6.03 Å². The van der Waals surface area contributed by atoms with Gasteiger partial charge in [0.15, 0.2) is 0 Å². The monoisotopic (exact) mass is 339 g/mol. The van der Waals surface area contributed by atoms with Crippen LogP contribution < -0.4 is 5.32 Å². The molecule has 0 bridgehead atoms. The van der Waals surface area contributed by atoms with E-state index in [1.165, 1.54) is 11.1 Å². The third-order valence-electron chi connectivity index (χ3n) is 4.40. The van der Waals surface area contributed by atoms with Gasteiger partial charge < -0.3 is 10.2 Å². The SMILES string of the molecule is CCN(Cc1ccncc1)C(=O)Nc1c(C(C)C)cccc1C(C)C. The minimum Gasteiger partial charge on any atom is -0.320 e. The van der Waals surface area contributed by atoms with Crippen molar-refractivity contribution in [2.24, 2.45) is 0 Å². The van der Waals surface area contributed by atoms with Gasteiger partial charge in [-0.1, -0.05) is 45.9 Å². The molecule has 0 atom stereocenters. The number of aromatic nitrogens is 1. The first-order chi connectivity index (χ1) is 11.9. The fourth-order valence-corrected chi connectivity index (χ4v) is 2.92. The van der Waals surface area contributed by atoms with Crippen molar-refractivity contribution >= 4 is 11.7 Å². The molecule has 25 heavy (non-hydrogen) atoms. The van der Waals surface area contributed by atoms with Crippen LogP contribution in [0.5, 0.6) is 0 Å². The number of rotatable bonds is 6. The molecule has 1 heterocycles. The number of amides is 2. The van der Waals surface area contributed by atoms with Crippen molar-refractivity contribution in [1.29, 1.82) is 0 Å². The highest BCUT2D eigenvalue weighted by Crippen LogP contribution is 2.32. The smallest absolute Gasteiger partial charge is 0.320 e. The molecule has 0 aliphatic carbocycles. The average Bonchev–Trinajstić information content (AvgIpc) is 2.60. The van der Waals surface area contributed by atoms with Crippen LogP contribution in [-0.2, 0) is 6.54 Å². The maximum absolute atomic E-state index is 12.9. The Morgan fingerprint density at radius 3 is 2.08 bits per heavy atom. The van der Waals surface area contributed by atoms with Crippen molar-refractivity contribution in [2.45, 2.75) is 53.0 Å². The van der Waals surface area contributed by atoms with E-state index in [-0.39, 0.29) is 6.03 Å². The standard InChI is InChI=1S/C21H29N3O/c1-6-24(14-17-10-12-22-13-11-17)21(25)23-20-18(15(2)3)8-7-9-19(20)16(4)5/h7-13,15-16H,6,14H2,1-5H3,(H,23,25). The molecule has 0 aliphatic rings. The summed E-state index contributed by atoms with van der Waals surface area (Å²) in [4.78, 5) is 18.7. The Kier molecular flexibility index (Phi) is 6.57. The van der Waals surface area contributed by atoms with Crippen molar-refractivity contribution in [1.82, 2.24) is 9.88 Å². The second-order valence-corrected chi connectivity index (χ2v) is 6.92. The lowest BCUT2D eigenvalue weighted by molar-refractivity contribution is 0.212. The third-order valence-corrected chi connectivity index (χ3v) is 4.40. The Hall–Kier alpha value is -2.36. The Morgan fingerprint density at radius 2 is 1.60 bits per heavy atom. The summed E-state index contributed by atoms with van der Waals surface area (Å²) in [5, 5.41) is 3.18. The number of nitrogens with one attached hydrogen (secondary N) is 1. The van der Waals surface area contributed by atoms with Crippen LogP contribution in [-0.4, -0.2) is 22.5 Å². The number of carbonyl (C=O) groups is 1. The van der Waals surface area contributed by atoms with Gasteiger partial charge in [-0.3, -0.25) is 4.98 Å². The fourth-order valence-electron chi connectivity index (χ4n) is 2.92. The largest absolute Gasteiger partial charge is 0.322 e. The molecule has 0 saturated carbocycles. The maximum Gasteiger partial charge on any atom is 0.322 e. The molecular weight excluding hydrogens is 310 g/mol. The number of hydrogen-bond donors (Lipinski definition) is 1. The molecule has 0 spiro atoms. The summed E-state index contributed by atoms with van der Waals surface area (Å²) in [6.45, 7) is 11.8. The number of para-hydroxylation sites is 1. The van der Waals surface area contributed by atoms with E-state index in [1.54, 1.807) is 12.4 Å². The average molecular weight is 339 g/mol. The first-order valence-electron chi connectivity index (χ1n) is 9.01. The number of benzene rings is 1. The van der Waals surface area contributed by atoms with Gasteiger partial charge in [0.2, 0.25) is 0 Å². The Balaban J connectivity index is 2.26. The lowest BCUT2D eigenvalue weighted by Gasteiger charge is -2.25. The van der Waals surface area contributed by atoms with E-state index in [2.05, 4.69) is 56.2 Å². The number of carbonyl (C=O) groups excluding carboxylic acids is 1. The van der Waals surface area contributed by atoms with E-state index in [9.17, 15) is 4.79 Å². The van der Waals surface area contributed by atoms with Gasteiger partial charge in [-0.2, -0.15) is 0 Å². The molecule has 1 aromatic carbocycles. The zero-order valence-electron chi connectivity index (χ0n) is 15.9. The minimum atomic E-state index is -0.0608. The number of nitrogens with zero attached hydrogens (tertiary/aromatic N) is 2. The van der Waals surface area contributed by atoms with Gasteiger partial charge in [-0.05, 0) is 47.6 Å². The molecular formula is C21H29N3O. The van der Waals surface area contributed by atoms with E-state index in [0.29, 0.717) is 24.9 Å². The zero-order valence-corrected chi connectivity index (χ0v) is 15.9. The Bertz CT molecular complexity index is 669. The zero-order chi connectivity index (χ0) is 18.4. The van der Waals surface area contributed by atoms with Crippen molar-refractivity contribution in [3.05, 3.63) is 59.4 Å². The number of anilines is 1. The van der Waals surface area contributed by atoms with Crippen LogP contribution in [0.3, 0.4) is 0 Å². The number of pyridine rings is 1. The van der Waals surface area contributed by atoms with E-state index >= 15 is 0 Å². The normalized spacial score (nSPS) is 11.0. The van der Waals surface area contributed by atoms with Crippen LogP contribution >= 0.6 is 0 Å². The highest BCUT2D eigenvalue weighted by molar-refractivity contribution is 5.91. The highest BCUT2D eigenvalue weighted by atomic mass is 16.2. The number of hydrogen-bond acceptors (Lipinski definition) is 2. The number of urea groups is 1. The van der Waals surface area contributed by atoms with Gasteiger partial charge in [0.25, 0.3) is 0 Å². The lowest BCUT2D eigenvalue weighted by Crippen LogP contribution is -2.35. The van der Waals surface area contributed by atoms with Crippen LogP contribution in [0.15, 0.2) is 42.7 Å². The van der Waals surface area contributed by atoms with Crippen LogP contribution in [0, 0.1) is 0 Å². The van der Waals surface area contributed by atoms with Gasteiger partial charge in [0.05, 0.1) is 0 Å². The van der Waals surface area contributed by atoms with Gasteiger partial charge in [-0.15, -0.1) is 0 Å². The first kappa shape index (κ1) is 19.0. The summed E-state index contributed by atoms with van der Waals surface area (Å²) in [5.74, 6) is 0.702. The maximum atomic E-state index is 12.9. The molecule has 0 radical (unpaired) electrons. The molecule has 4 nitrogen and oxygen atoms in total. The molecule has 0 unspecified atom stereocenters. The van der Waals surface area contributed by atoms with Gasteiger partial charge in [0.1, 0.15) is 0 Å². The molecule has 134 valence electrons. The van der Waals surface area contributed by atoms with Crippen LogP contribution in [0.2, 0.25) is 0 Å². The predicted octanol–water partition coefficient (Wildman–Crippen LogP) is 5.38. The lowest BCUT2D eigenvalue weighted by atomic mass is 9.93. The molecule has 2 aromatic rings. The quantitative estimate of drug-likeness (QED) is 0.767. The molecule has 1 aromatic heterocycles. The van der Waals surface area contributed by atoms with E-state index in [4.69, 9.17) is 0 Å². The van der Waals surface area contributed by atoms with Crippen LogP contribution in [0.4, 0.5) is 10.5 Å². The molecule has 4 heteroatoms. The summed E-state index contributed by atoms with van der Waals surface area (Å²) in [6, 6.07) is 10.1. The predicted molar refractivity (Wildman–Crippen MR) is 104 cm³/mol. The Labute approximate surface area is 151 Å². The second-order valence-electron chi connectivity index (χ2n) is 6.92. The van der Waals surface area contributed by atoms with Crippen LogP contribution in [0.25, 0.3) is 0 Å². The summed E-state index contributed by atoms with van der Waals surface area (Å²) >= 11 is 0. The first-order valence-corrected chi connectivity index (χ1v) is 9.01. The molecule has 0 fully saturated rings. The summed E-state index contributed by atoms with van der Waals surface area (Å²) in [7, 11) is 0. The Morgan fingerprint density at radius 1 is 1.04 bits per heavy atom. The van der Waals surface area contributed by atoms with E-state index in [0.717, 1.165) is 11.3 Å². The fraction of sp³-hybridized carbons (Fsp3) is 0.429. The summed E-state index contributed by atoms with van der Waals surface area (Å²) in [5.41, 5.74) is 4.40. The van der Waals surface area contributed by atoms with Crippen molar-refractivity contribution < 1.29 is 4.79 Å². The molecule has 2 rings (SSSR count). The molecule has 0 aliphatic heterocycles.